The highest BCUT2D eigenvalue weighted by Crippen LogP contribution is 2.21. The van der Waals surface area contributed by atoms with Crippen molar-refractivity contribution in [1.29, 1.82) is 0 Å². The SMILES string of the molecule is O=C1CCC(=O)N[C@H](CCc2ccccc2)C(=O)N[C@@H](Cc2ccc(-c3ccncc3)cc2)C(=O)N[C@H](Cc2ccccc2)C(=O)C[C@H](C(=O)O)Cc2ccc(cc2)N1. The van der Waals surface area contributed by atoms with E-state index >= 15 is 0 Å². The van der Waals surface area contributed by atoms with Gasteiger partial charge in [-0.1, -0.05) is 97.1 Å². The Balaban J connectivity index is 1.34. The zero-order valence-corrected chi connectivity index (χ0v) is 32.5. The summed E-state index contributed by atoms with van der Waals surface area (Å²) in [6, 6.07) is 33.0. The summed E-state index contributed by atoms with van der Waals surface area (Å²) >= 11 is 0. The van der Waals surface area contributed by atoms with Crippen molar-refractivity contribution < 1.29 is 33.9 Å². The molecule has 4 aromatic carbocycles. The molecule has 5 N–H and O–H groups in total. The maximum Gasteiger partial charge on any atom is 0.307 e. The molecular formula is C47H47N5O7. The highest BCUT2D eigenvalue weighted by Gasteiger charge is 2.32. The van der Waals surface area contributed by atoms with Crippen LogP contribution in [0.4, 0.5) is 5.69 Å². The number of fused-ring (bicyclic) bond motifs is 18. The minimum Gasteiger partial charge on any atom is -0.481 e. The Bertz CT molecular complexity index is 2220. The number of Topliss-reactive ketones (excluding diaryl/α,β-unsaturated/α-hetero) is 1. The van der Waals surface area contributed by atoms with Crippen LogP contribution in [0.5, 0.6) is 0 Å². The number of ketones is 1. The normalized spacial score (nSPS) is 19.7. The second-order valence-electron chi connectivity index (χ2n) is 14.7. The molecule has 0 aliphatic carbocycles. The van der Waals surface area contributed by atoms with Gasteiger partial charge in [0, 0.05) is 43.8 Å². The summed E-state index contributed by atoms with van der Waals surface area (Å²) in [6.07, 6.45) is 3.44. The van der Waals surface area contributed by atoms with Gasteiger partial charge >= 0.3 is 5.97 Å². The molecule has 12 nitrogen and oxygen atoms in total. The van der Waals surface area contributed by atoms with E-state index in [0.717, 1.165) is 22.3 Å². The van der Waals surface area contributed by atoms with Crippen LogP contribution in [0.3, 0.4) is 0 Å². The van der Waals surface area contributed by atoms with Crippen molar-refractivity contribution in [3.63, 3.8) is 0 Å². The number of rotatable bonds is 9. The van der Waals surface area contributed by atoms with Crippen LogP contribution in [0, 0.1) is 5.92 Å². The smallest absolute Gasteiger partial charge is 0.307 e. The number of pyridine rings is 1. The number of benzene rings is 4. The molecule has 1 aromatic heterocycles. The molecule has 2 aliphatic rings. The van der Waals surface area contributed by atoms with Gasteiger partial charge in [-0.25, -0.2) is 0 Å². The lowest BCUT2D eigenvalue weighted by Crippen LogP contribution is -2.57. The Morgan fingerprint density at radius 1 is 0.576 bits per heavy atom. The summed E-state index contributed by atoms with van der Waals surface area (Å²) in [5.41, 5.74) is 5.36. The number of aryl methyl sites for hydroxylation is 1. The highest BCUT2D eigenvalue weighted by molar-refractivity contribution is 5.97. The summed E-state index contributed by atoms with van der Waals surface area (Å²) in [5, 5.41) is 21.5. The Labute approximate surface area is 342 Å². The number of carbonyl (C=O) groups is 6. The molecular weight excluding hydrogens is 747 g/mol. The second-order valence-corrected chi connectivity index (χ2v) is 14.7. The number of carboxylic acid groups (broad SMARTS) is 1. The van der Waals surface area contributed by atoms with E-state index in [-0.39, 0.29) is 44.9 Å². The van der Waals surface area contributed by atoms with Crippen LogP contribution in [-0.4, -0.2) is 63.6 Å². The van der Waals surface area contributed by atoms with Crippen molar-refractivity contribution in [1.82, 2.24) is 20.9 Å². The van der Waals surface area contributed by atoms with Gasteiger partial charge in [-0.05, 0) is 83.3 Å². The number of aliphatic carboxylic acids is 1. The van der Waals surface area contributed by atoms with Gasteiger partial charge in [0.15, 0.2) is 5.78 Å². The van der Waals surface area contributed by atoms with Crippen LogP contribution in [0.1, 0.15) is 47.9 Å². The van der Waals surface area contributed by atoms with Crippen molar-refractivity contribution in [2.75, 3.05) is 5.32 Å². The van der Waals surface area contributed by atoms with E-state index in [1.54, 1.807) is 36.7 Å². The van der Waals surface area contributed by atoms with Gasteiger partial charge in [-0.3, -0.25) is 33.8 Å². The average Bonchev–Trinajstić information content (AvgIpc) is 3.25. The first-order chi connectivity index (χ1) is 28.6. The summed E-state index contributed by atoms with van der Waals surface area (Å²) in [5.74, 6) is -4.96. The first-order valence-electron chi connectivity index (χ1n) is 19.7. The zero-order valence-electron chi connectivity index (χ0n) is 32.5. The first-order valence-corrected chi connectivity index (χ1v) is 19.7. The predicted octanol–water partition coefficient (Wildman–Crippen LogP) is 5.26. The van der Waals surface area contributed by atoms with Gasteiger partial charge < -0.3 is 26.4 Å². The molecule has 4 amide bonds. The van der Waals surface area contributed by atoms with E-state index in [4.69, 9.17) is 0 Å². The number of nitrogens with one attached hydrogen (secondary N) is 4. The number of amides is 4. The minimum absolute atomic E-state index is 0.0278. The summed E-state index contributed by atoms with van der Waals surface area (Å²) in [6.45, 7) is 0. The molecule has 2 aliphatic heterocycles. The van der Waals surface area contributed by atoms with Gasteiger partial charge in [0.05, 0.1) is 12.0 Å². The van der Waals surface area contributed by atoms with E-state index in [9.17, 15) is 33.9 Å². The van der Waals surface area contributed by atoms with Crippen molar-refractivity contribution >= 4 is 41.1 Å². The Morgan fingerprint density at radius 3 is 1.80 bits per heavy atom. The lowest BCUT2D eigenvalue weighted by molar-refractivity contribution is -0.144. The van der Waals surface area contributed by atoms with E-state index < -0.39 is 59.4 Å². The number of anilines is 1. The standard InChI is InChI=1S/C47H47N5O7/c53-42-30-37(47(58)59)27-33-13-18-38(19-14-33)49-43(54)21-22-44(55)50-39(20-15-31-7-3-1-4-8-31)45(56)52-41(46(57)51-40(42)28-32-9-5-2-6-10-32)29-34-11-16-35(17-12-34)36-23-25-48-26-24-36/h1-14,16-19,23-26,37,39-41H,15,20-22,27-30H2,(H,49,54)(H,50,55)(H,51,57)(H,52,56)(H,58,59)/t37-,39-,40-,41+/m1/s1. The molecule has 7 rings (SSSR count). The molecule has 4 atom stereocenters. The van der Waals surface area contributed by atoms with Crippen LogP contribution in [0.15, 0.2) is 134 Å². The maximum absolute atomic E-state index is 14.5. The van der Waals surface area contributed by atoms with Gasteiger partial charge in [-0.2, -0.15) is 0 Å². The fourth-order valence-electron chi connectivity index (χ4n) is 7.04. The number of hydrogen-bond acceptors (Lipinski definition) is 7. The third-order valence-electron chi connectivity index (χ3n) is 10.3. The zero-order chi connectivity index (χ0) is 41.6. The molecule has 2 bridgehead atoms. The van der Waals surface area contributed by atoms with Gasteiger partial charge in [0.1, 0.15) is 12.1 Å². The third kappa shape index (κ3) is 12.5. The fraction of sp³-hybridized carbons (Fsp3) is 0.255. The summed E-state index contributed by atoms with van der Waals surface area (Å²) in [7, 11) is 0. The molecule has 0 saturated carbocycles. The molecule has 0 fully saturated rings. The Morgan fingerprint density at radius 2 is 1.14 bits per heavy atom. The van der Waals surface area contributed by atoms with Crippen molar-refractivity contribution in [2.24, 2.45) is 5.92 Å². The van der Waals surface area contributed by atoms with Crippen molar-refractivity contribution in [3.05, 3.63) is 156 Å². The van der Waals surface area contributed by atoms with Crippen molar-refractivity contribution in [3.8, 4) is 11.1 Å². The number of carbonyl (C=O) groups excluding carboxylic acids is 5. The molecule has 12 heteroatoms. The average molecular weight is 794 g/mol. The predicted molar refractivity (Wildman–Crippen MR) is 223 cm³/mol. The topological polar surface area (TPSA) is 184 Å². The number of hydrogen-bond donors (Lipinski definition) is 5. The summed E-state index contributed by atoms with van der Waals surface area (Å²) < 4.78 is 0. The Hall–Kier alpha value is -6.95. The number of nitrogens with zero attached hydrogens (tertiary/aromatic N) is 1. The molecule has 0 radical (unpaired) electrons. The monoisotopic (exact) mass is 793 g/mol. The Kier molecular flexibility index (Phi) is 14.5. The molecule has 302 valence electrons. The van der Waals surface area contributed by atoms with Crippen LogP contribution in [0.2, 0.25) is 0 Å². The van der Waals surface area contributed by atoms with Crippen LogP contribution >= 0.6 is 0 Å². The molecule has 0 unspecified atom stereocenters. The van der Waals surface area contributed by atoms with Gasteiger partial charge in [-0.15, -0.1) is 0 Å². The molecule has 3 heterocycles. The van der Waals surface area contributed by atoms with E-state index in [0.29, 0.717) is 23.2 Å². The lowest BCUT2D eigenvalue weighted by Gasteiger charge is -2.26. The maximum atomic E-state index is 14.5. The number of aromatic nitrogens is 1. The van der Waals surface area contributed by atoms with Gasteiger partial charge in [0.25, 0.3) is 0 Å². The largest absolute Gasteiger partial charge is 0.481 e. The molecule has 59 heavy (non-hydrogen) atoms. The molecule has 5 aromatic rings. The van der Waals surface area contributed by atoms with Crippen LogP contribution < -0.4 is 21.3 Å². The number of carboxylic acids is 1. The molecule has 0 spiro atoms. The molecule has 0 saturated heterocycles. The first kappa shape index (κ1) is 41.7. The quantitative estimate of drug-likeness (QED) is 0.125. The summed E-state index contributed by atoms with van der Waals surface area (Å²) in [4.78, 5) is 85.6. The van der Waals surface area contributed by atoms with Crippen LogP contribution in [0.25, 0.3) is 11.1 Å². The lowest BCUT2D eigenvalue weighted by atomic mass is 9.90. The van der Waals surface area contributed by atoms with Crippen LogP contribution in [-0.2, 0) is 54.5 Å². The highest BCUT2D eigenvalue weighted by atomic mass is 16.4. The minimum atomic E-state index is -1.20. The van der Waals surface area contributed by atoms with E-state index in [1.807, 2.05) is 97.1 Å². The van der Waals surface area contributed by atoms with Gasteiger partial charge in [0.2, 0.25) is 23.6 Å². The fourth-order valence-corrected chi connectivity index (χ4v) is 7.04. The second kappa shape index (κ2) is 20.5. The van der Waals surface area contributed by atoms with E-state index in [1.165, 1.54) is 0 Å². The van der Waals surface area contributed by atoms with E-state index in [2.05, 4.69) is 26.3 Å². The third-order valence-corrected chi connectivity index (χ3v) is 10.3. The van der Waals surface area contributed by atoms with Crippen molar-refractivity contribution in [2.45, 2.75) is 69.5 Å².